The van der Waals surface area contributed by atoms with E-state index in [0.29, 0.717) is 17.9 Å². The van der Waals surface area contributed by atoms with E-state index >= 15 is 0 Å². The maximum absolute atomic E-state index is 12.3. The van der Waals surface area contributed by atoms with E-state index < -0.39 is 0 Å². The molecule has 2 rings (SSSR count). The largest absolute Gasteiger partial charge is 0.408 e. The van der Waals surface area contributed by atoms with E-state index in [0.717, 1.165) is 24.9 Å². The second-order valence-electron chi connectivity index (χ2n) is 5.38. The van der Waals surface area contributed by atoms with Gasteiger partial charge in [-0.3, -0.25) is 0 Å². The first kappa shape index (κ1) is 16.9. The SMILES string of the molecule is CCCCC(=Nc1ccccc1)OC(=O)c1ccc(CC)cc1. The van der Waals surface area contributed by atoms with Crippen LogP contribution in [0.25, 0.3) is 0 Å². The van der Waals surface area contributed by atoms with Gasteiger partial charge >= 0.3 is 5.97 Å². The van der Waals surface area contributed by atoms with E-state index in [2.05, 4.69) is 18.8 Å². The molecule has 0 fully saturated rings. The highest BCUT2D eigenvalue weighted by molar-refractivity contribution is 5.99. The molecule has 0 saturated heterocycles. The molecule has 120 valence electrons. The smallest absolute Gasteiger partial charge is 0.344 e. The summed E-state index contributed by atoms with van der Waals surface area (Å²) >= 11 is 0. The Morgan fingerprint density at radius 2 is 1.70 bits per heavy atom. The van der Waals surface area contributed by atoms with Crippen molar-refractivity contribution in [2.75, 3.05) is 0 Å². The van der Waals surface area contributed by atoms with Crippen molar-refractivity contribution in [1.29, 1.82) is 0 Å². The highest BCUT2D eigenvalue weighted by atomic mass is 16.5. The first-order chi connectivity index (χ1) is 11.2. The topological polar surface area (TPSA) is 38.7 Å². The molecule has 2 aromatic rings. The summed E-state index contributed by atoms with van der Waals surface area (Å²) in [5.74, 6) is 0.126. The van der Waals surface area contributed by atoms with Gasteiger partial charge in [-0.25, -0.2) is 9.79 Å². The molecule has 0 spiro atoms. The molecule has 0 amide bonds. The third-order valence-electron chi connectivity index (χ3n) is 3.56. The van der Waals surface area contributed by atoms with Crippen LogP contribution in [0.2, 0.25) is 0 Å². The molecule has 0 aromatic heterocycles. The molecular weight excluding hydrogens is 286 g/mol. The third kappa shape index (κ3) is 5.37. The minimum atomic E-state index is -0.349. The molecule has 0 bridgehead atoms. The van der Waals surface area contributed by atoms with Gasteiger partial charge in [0.05, 0.1) is 11.3 Å². The average Bonchev–Trinajstić information content (AvgIpc) is 2.60. The number of unbranched alkanes of at least 4 members (excludes halogenated alkanes) is 1. The number of carbonyl (C=O) groups is 1. The van der Waals surface area contributed by atoms with Crippen LogP contribution in [-0.4, -0.2) is 11.9 Å². The molecule has 0 atom stereocenters. The molecule has 3 nitrogen and oxygen atoms in total. The van der Waals surface area contributed by atoms with Crippen LogP contribution in [0.3, 0.4) is 0 Å². The number of nitrogens with zero attached hydrogens (tertiary/aromatic N) is 1. The quantitative estimate of drug-likeness (QED) is 0.411. The van der Waals surface area contributed by atoms with Gasteiger partial charge in [0.25, 0.3) is 0 Å². The summed E-state index contributed by atoms with van der Waals surface area (Å²) in [5.41, 5.74) is 2.55. The van der Waals surface area contributed by atoms with Crippen LogP contribution in [-0.2, 0) is 11.2 Å². The summed E-state index contributed by atoms with van der Waals surface area (Å²) in [6, 6.07) is 17.1. The number of carbonyl (C=O) groups excluding carboxylic acids is 1. The zero-order valence-corrected chi connectivity index (χ0v) is 13.8. The van der Waals surface area contributed by atoms with Gasteiger partial charge in [-0.05, 0) is 42.7 Å². The number of ether oxygens (including phenoxy) is 1. The monoisotopic (exact) mass is 309 g/mol. The number of hydrogen-bond acceptors (Lipinski definition) is 3. The van der Waals surface area contributed by atoms with Gasteiger partial charge in [0.2, 0.25) is 0 Å². The number of para-hydroxylation sites is 1. The minimum absolute atomic E-state index is 0.349. The van der Waals surface area contributed by atoms with Crippen molar-refractivity contribution < 1.29 is 9.53 Å². The van der Waals surface area contributed by atoms with Crippen molar-refractivity contribution in [3.8, 4) is 0 Å². The van der Waals surface area contributed by atoms with Crippen LogP contribution in [0, 0.1) is 0 Å². The summed E-state index contributed by atoms with van der Waals surface area (Å²) in [5, 5.41) is 0. The standard InChI is InChI=1S/C20H23NO2/c1-3-5-11-19(21-18-9-7-6-8-10-18)23-20(22)17-14-12-16(4-2)13-15-17/h6-10,12-15H,3-5,11H2,1-2H3. The molecule has 0 aliphatic heterocycles. The van der Waals surface area contributed by atoms with Crippen molar-refractivity contribution in [2.45, 2.75) is 39.5 Å². The van der Waals surface area contributed by atoms with Crippen LogP contribution in [0.4, 0.5) is 5.69 Å². The van der Waals surface area contributed by atoms with Crippen LogP contribution < -0.4 is 0 Å². The van der Waals surface area contributed by atoms with Gasteiger partial charge in [-0.15, -0.1) is 0 Å². The van der Waals surface area contributed by atoms with Crippen LogP contribution >= 0.6 is 0 Å². The van der Waals surface area contributed by atoms with E-state index in [4.69, 9.17) is 4.74 Å². The lowest BCUT2D eigenvalue weighted by molar-refractivity contribution is 0.0711. The predicted molar refractivity (Wildman–Crippen MR) is 94.3 cm³/mol. The molecule has 0 heterocycles. The van der Waals surface area contributed by atoms with E-state index in [1.807, 2.05) is 42.5 Å². The predicted octanol–water partition coefficient (Wildman–Crippen LogP) is 5.33. The van der Waals surface area contributed by atoms with Gasteiger partial charge in [0.15, 0.2) is 5.90 Å². The normalized spacial score (nSPS) is 11.3. The molecule has 0 aliphatic rings. The third-order valence-corrected chi connectivity index (χ3v) is 3.56. The maximum Gasteiger partial charge on any atom is 0.344 e. The Morgan fingerprint density at radius 3 is 2.30 bits per heavy atom. The van der Waals surface area contributed by atoms with Gasteiger partial charge < -0.3 is 4.74 Å². The van der Waals surface area contributed by atoms with Gasteiger partial charge in [-0.1, -0.05) is 50.6 Å². The van der Waals surface area contributed by atoms with Gasteiger partial charge in [-0.2, -0.15) is 0 Å². The van der Waals surface area contributed by atoms with Crippen molar-refractivity contribution >= 4 is 17.6 Å². The molecule has 23 heavy (non-hydrogen) atoms. The number of rotatable bonds is 6. The van der Waals surface area contributed by atoms with Crippen molar-refractivity contribution in [3.63, 3.8) is 0 Å². The molecular formula is C20H23NO2. The first-order valence-electron chi connectivity index (χ1n) is 8.16. The summed E-state index contributed by atoms with van der Waals surface area (Å²) < 4.78 is 5.53. The van der Waals surface area contributed by atoms with E-state index in [1.54, 1.807) is 12.1 Å². The molecule has 0 saturated carbocycles. The Balaban J connectivity index is 2.12. The lowest BCUT2D eigenvalue weighted by atomic mass is 10.1. The van der Waals surface area contributed by atoms with Crippen LogP contribution in [0.5, 0.6) is 0 Å². The molecule has 0 N–H and O–H groups in total. The lowest BCUT2D eigenvalue weighted by Gasteiger charge is -2.08. The summed E-state index contributed by atoms with van der Waals surface area (Å²) in [4.78, 5) is 16.8. The molecule has 0 unspecified atom stereocenters. The number of aliphatic imine (C=N–C) groups is 1. The summed E-state index contributed by atoms with van der Waals surface area (Å²) in [7, 11) is 0. The Kier molecular flexibility index (Phi) is 6.55. The highest BCUT2D eigenvalue weighted by Crippen LogP contribution is 2.14. The lowest BCUT2D eigenvalue weighted by Crippen LogP contribution is -2.12. The Bertz CT molecular complexity index is 645. The van der Waals surface area contributed by atoms with Gasteiger partial charge in [0, 0.05) is 6.42 Å². The first-order valence-corrected chi connectivity index (χ1v) is 8.16. The molecule has 3 heteroatoms. The Labute approximate surface area is 138 Å². The van der Waals surface area contributed by atoms with Crippen molar-refractivity contribution in [2.24, 2.45) is 4.99 Å². The minimum Gasteiger partial charge on any atom is -0.408 e. The fraction of sp³-hybridized carbons (Fsp3) is 0.300. The number of esters is 1. The van der Waals surface area contributed by atoms with E-state index in [9.17, 15) is 4.79 Å². The fourth-order valence-corrected chi connectivity index (χ4v) is 2.15. The molecule has 0 radical (unpaired) electrons. The van der Waals surface area contributed by atoms with Crippen LogP contribution in [0.15, 0.2) is 59.6 Å². The zero-order valence-electron chi connectivity index (χ0n) is 13.8. The van der Waals surface area contributed by atoms with Crippen LogP contribution in [0.1, 0.15) is 49.0 Å². The van der Waals surface area contributed by atoms with Gasteiger partial charge in [0.1, 0.15) is 0 Å². The zero-order chi connectivity index (χ0) is 16.5. The highest BCUT2D eigenvalue weighted by Gasteiger charge is 2.11. The number of benzene rings is 2. The summed E-state index contributed by atoms with van der Waals surface area (Å²) in [6.07, 6.45) is 3.57. The number of aryl methyl sites for hydroxylation is 1. The van der Waals surface area contributed by atoms with Crippen molar-refractivity contribution in [3.05, 3.63) is 65.7 Å². The summed E-state index contributed by atoms with van der Waals surface area (Å²) in [6.45, 7) is 4.19. The van der Waals surface area contributed by atoms with Crippen molar-refractivity contribution in [1.82, 2.24) is 0 Å². The second kappa shape index (κ2) is 8.89. The average molecular weight is 309 g/mol. The van der Waals surface area contributed by atoms with E-state index in [1.165, 1.54) is 5.56 Å². The Morgan fingerprint density at radius 1 is 1.00 bits per heavy atom. The maximum atomic E-state index is 12.3. The molecule has 2 aromatic carbocycles. The number of hydrogen-bond donors (Lipinski definition) is 0. The Hall–Kier alpha value is -2.42. The van der Waals surface area contributed by atoms with E-state index in [-0.39, 0.29) is 5.97 Å². The molecule has 0 aliphatic carbocycles. The second-order valence-corrected chi connectivity index (χ2v) is 5.38. The fourth-order valence-electron chi connectivity index (χ4n) is 2.15.